The minimum Gasteiger partial charge on any atom is -0.370 e. The number of halogens is 1. The maximum absolute atomic E-state index is 13.4. The Morgan fingerprint density at radius 1 is 1.14 bits per heavy atom. The average molecular weight is 287 g/mol. The molecular formula is C17H22FN3. The fourth-order valence-electron chi connectivity index (χ4n) is 2.02. The van der Waals surface area contributed by atoms with Gasteiger partial charge in [-0.05, 0) is 37.6 Å². The number of nitrogens with zero attached hydrogens (tertiary/aromatic N) is 2. The molecule has 2 rings (SSSR count). The number of rotatable bonds is 3. The number of aryl methyl sites for hydroxylation is 1. The molecule has 0 aliphatic heterocycles. The molecule has 1 heterocycles. The van der Waals surface area contributed by atoms with Crippen molar-refractivity contribution in [2.75, 3.05) is 11.9 Å². The van der Waals surface area contributed by atoms with Crippen LogP contribution in [-0.4, -0.2) is 16.5 Å². The van der Waals surface area contributed by atoms with Gasteiger partial charge in [-0.15, -0.1) is 0 Å². The minimum atomic E-state index is -0.211. The molecule has 0 amide bonds. The number of nitrogens with one attached hydrogen (secondary N) is 1. The Morgan fingerprint density at radius 2 is 1.86 bits per heavy atom. The van der Waals surface area contributed by atoms with Crippen molar-refractivity contribution in [1.82, 2.24) is 9.97 Å². The van der Waals surface area contributed by atoms with Crippen LogP contribution >= 0.6 is 0 Å². The Labute approximate surface area is 125 Å². The summed E-state index contributed by atoms with van der Waals surface area (Å²) in [5.41, 5.74) is 2.32. The molecule has 0 spiro atoms. The summed E-state index contributed by atoms with van der Waals surface area (Å²) in [7, 11) is 0. The van der Waals surface area contributed by atoms with Gasteiger partial charge in [0.05, 0.1) is 5.69 Å². The molecule has 0 bridgehead atoms. The first-order chi connectivity index (χ1) is 9.81. The quantitative estimate of drug-likeness (QED) is 0.913. The Morgan fingerprint density at radius 3 is 2.43 bits per heavy atom. The first-order valence-corrected chi connectivity index (χ1v) is 7.21. The van der Waals surface area contributed by atoms with E-state index in [1.807, 2.05) is 13.0 Å². The number of hydrogen-bond acceptors (Lipinski definition) is 3. The first kappa shape index (κ1) is 15.4. The summed E-state index contributed by atoms with van der Waals surface area (Å²) in [5.74, 6) is 1.22. The van der Waals surface area contributed by atoms with Gasteiger partial charge in [0.1, 0.15) is 11.6 Å². The van der Waals surface area contributed by atoms with Gasteiger partial charge in [0.2, 0.25) is 0 Å². The van der Waals surface area contributed by atoms with Gasteiger partial charge in [-0.3, -0.25) is 0 Å². The summed E-state index contributed by atoms with van der Waals surface area (Å²) in [4.78, 5) is 9.19. The van der Waals surface area contributed by atoms with E-state index in [0.29, 0.717) is 11.4 Å². The number of anilines is 1. The Balaban J connectivity index is 2.56. The van der Waals surface area contributed by atoms with Gasteiger partial charge in [-0.2, -0.15) is 0 Å². The smallest absolute Gasteiger partial charge is 0.161 e. The predicted molar refractivity (Wildman–Crippen MR) is 85.0 cm³/mol. The van der Waals surface area contributed by atoms with Crippen LogP contribution in [0.5, 0.6) is 0 Å². The summed E-state index contributed by atoms with van der Waals surface area (Å²) >= 11 is 0. The molecular weight excluding hydrogens is 265 g/mol. The normalized spacial score (nSPS) is 11.5. The highest BCUT2D eigenvalue weighted by Crippen LogP contribution is 2.26. The number of benzene rings is 1. The predicted octanol–water partition coefficient (Wildman–Crippen LogP) is 4.32. The van der Waals surface area contributed by atoms with Crippen molar-refractivity contribution >= 4 is 5.82 Å². The van der Waals surface area contributed by atoms with Crippen molar-refractivity contribution in [2.45, 2.75) is 40.0 Å². The lowest BCUT2D eigenvalue weighted by Gasteiger charge is -2.19. The molecule has 1 N–H and O–H groups in total. The molecule has 21 heavy (non-hydrogen) atoms. The van der Waals surface area contributed by atoms with E-state index in [-0.39, 0.29) is 11.2 Å². The molecule has 0 aliphatic carbocycles. The van der Waals surface area contributed by atoms with E-state index < -0.39 is 0 Å². The van der Waals surface area contributed by atoms with Gasteiger partial charge in [0, 0.05) is 23.6 Å². The van der Waals surface area contributed by atoms with Crippen LogP contribution in [0.15, 0.2) is 24.3 Å². The molecule has 0 unspecified atom stereocenters. The zero-order valence-corrected chi connectivity index (χ0v) is 13.3. The average Bonchev–Trinajstić information content (AvgIpc) is 2.41. The van der Waals surface area contributed by atoms with E-state index in [4.69, 9.17) is 0 Å². The third-order valence-corrected chi connectivity index (χ3v) is 3.27. The van der Waals surface area contributed by atoms with E-state index >= 15 is 0 Å². The summed E-state index contributed by atoms with van der Waals surface area (Å²) < 4.78 is 13.4. The van der Waals surface area contributed by atoms with Gasteiger partial charge in [-0.1, -0.05) is 20.8 Å². The SMILES string of the molecule is CCNc1cc(C(C)(C)C)nc(-c2ccc(F)c(C)c2)n1. The fraction of sp³-hybridized carbons (Fsp3) is 0.412. The van der Waals surface area contributed by atoms with Gasteiger partial charge >= 0.3 is 0 Å². The summed E-state index contributed by atoms with van der Waals surface area (Å²) in [5, 5.41) is 3.23. The van der Waals surface area contributed by atoms with Crippen LogP contribution in [0.1, 0.15) is 39.0 Å². The molecule has 3 nitrogen and oxygen atoms in total. The summed E-state index contributed by atoms with van der Waals surface area (Å²) in [6, 6.07) is 6.95. The highest BCUT2D eigenvalue weighted by atomic mass is 19.1. The maximum atomic E-state index is 13.4. The Bertz CT molecular complexity index is 645. The van der Waals surface area contributed by atoms with E-state index in [1.165, 1.54) is 6.07 Å². The molecule has 0 aliphatic rings. The van der Waals surface area contributed by atoms with Crippen molar-refractivity contribution in [3.63, 3.8) is 0 Å². The Hall–Kier alpha value is -1.97. The summed E-state index contributed by atoms with van der Waals surface area (Å²) in [6.07, 6.45) is 0. The van der Waals surface area contributed by atoms with Crippen molar-refractivity contribution in [2.24, 2.45) is 0 Å². The van der Waals surface area contributed by atoms with Crippen LogP contribution in [0.4, 0.5) is 10.2 Å². The van der Waals surface area contributed by atoms with Crippen molar-refractivity contribution in [3.8, 4) is 11.4 Å². The Kier molecular flexibility index (Phi) is 4.26. The summed E-state index contributed by atoms with van der Waals surface area (Å²) in [6.45, 7) is 10.9. The van der Waals surface area contributed by atoms with E-state index in [0.717, 1.165) is 23.6 Å². The largest absolute Gasteiger partial charge is 0.370 e. The van der Waals surface area contributed by atoms with Crippen LogP contribution in [0.2, 0.25) is 0 Å². The third kappa shape index (κ3) is 3.57. The second kappa shape index (κ2) is 5.80. The fourth-order valence-corrected chi connectivity index (χ4v) is 2.02. The second-order valence-corrected chi connectivity index (χ2v) is 6.21. The molecule has 0 saturated carbocycles. The van der Waals surface area contributed by atoms with E-state index in [2.05, 4.69) is 36.1 Å². The number of hydrogen-bond donors (Lipinski definition) is 1. The lowest BCUT2D eigenvalue weighted by molar-refractivity contribution is 0.568. The van der Waals surface area contributed by atoms with Gasteiger partial charge in [0.15, 0.2) is 5.82 Å². The van der Waals surface area contributed by atoms with Crippen LogP contribution in [0.25, 0.3) is 11.4 Å². The van der Waals surface area contributed by atoms with Crippen LogP contribution < -0.4 is 5.32 Å². The maximum Gasteiger partial charge on any atom is 0.161 e. The van der Waals surface area contributed by atoms with Crippen molar-refractivity contribution in [1.29, 1.82) is 0 Å². The highest BCUT2D eigenvalue weighted by Gasteiger charge is 2.18. The standard InChI is InChI=1S/C17H22FN3/c1-6-19-15-10-14(17(3,4)5)20-16(21-15)12-7-8-13(18)11(2)9-12/h7-10H,6H2,1-5H3,(H,19,20,21). The van der Waals surface area contributed by atoms with Crippen LogP contribution in [0, 0.1) is 12.7 Å². The molecule has 0 saturated heterocycles. The topological polar surface area (TPSA) is 37.8 Å². The third-order valence-electron chi connectivity index (χ3n) is 3.27. The van der Waals surface area contributed by atoms with Gasteiger partial charge < -0.3 is 5.32 Å². The highest BCUT2D eigenvalue weighted by molar-refractivity contribution is 5.59. The molecule has 0 radical (unpaired) electrons. The molecule has 1 aromatic heterocycles. The van der Waals surface area contributed by atoms with Crippen molar-refractivity contribution in [3.05, 3.63) is 41.3 Å². The van der Waals surface area contributed by atoms with Crippen LogP contribution in [0.3, 0.4) is 0 Å². The molecule has 4 heteroatoms. The second-order valence-electron chi connectivity index (χ2n) is 6.21. The molecule has 0 atom stereocenters. The lowest BCUT2D eigenvalue weighted by Crippen LogP contribution is -2.16. The molecule has 112 valence electrons. The molecule has 1 aromatic carbocycles. The first-order valence-electron chi connectivity index (χ1n) is 7.21. The molecule has 2 aromatic rings. The zero-order chi connectivity index (χ0) is 15.6. The lowest BCUT2D eigenvalue weighted by atomic mass is 9.91. The van der Waals surface area contributed by atoms with Crippen molar-refractivity contribution < 1.29 is 4.39 Å². The zero-order valence-electron chi connectivity index (χ0n) is 13.3. The van der Waals surface area contributed by atoms with E-state index in [9.17, 15) is 4.39 Å². The minimum absolute atomic E-state index is 0.0725. The van der Waals surface area contributed by atoms with Gasteiger partial charge in [-0.25, -0.2) is 14.4 Å². The number of aromatic nitrogens is 2. The van der Waals surface area contributed by atoms with Crippen LogP contribution in [-0.2, 0) is 5.41 Å². The molecule has 0 fully saturated rings. The van der Waals surface area contributed by atoms with Gasteiger partial charge in [0.25, 0.3) is 0 Å². The van der Waals surface area contributed by atoms with E-state index in [1.54, 1.807) is 19.1 Å². The monoisotopic (exact) mass is 287 g/mol.